The Morgan fingerprint density at radius 2 is 1.55 bits per heavy atom. The summed E-state index contributed by atoms with van der Waals surface area (Å²) in [4.78, 5) is 4.65. The summed E-state index contributed by atoms with van der Waals surface area (Å²) in [5.74, 6) is 0. The Kier molecular flexibility index (Phi) is 3.08. The van der Waals surface area contributed by atoms with Gasteiger partial charge in [-0.1, -0.05) is 48.5 Å². The molecule has 0 aliphatic rings. The first-order valence-corrected chi connectivity index (χ1v) is 11.2. The van der Waals surface area contributed by atoms with Crippen LogP contribution in [0.5, 0.6) is 0 Å². The van der Waals surface area contributed by atoms with E-state index in [1.807, 2.05) is 18.3 Å². The molecule has 3 heteroatoms. The molecule has 8 aromatic rings. The summed E-state index contributed by atoms with van der Waals surface area (Å²) in [6, 6.07) is 30.3. The number of nitrogens with zero attached hydrogens (tertiary/aromatic N) is 2. The number of pyridine rings is 1. The summed E-state index contributed by atoms with van der Waals surface area (Å²) < 4.78 is 8.80. The third-order valence-corrected chi connectivity index (χ3v) is 7.03. The third-order valence-electron chi connectivity index (χ3n) is 7.03. The van der Waals surface area contributed by atoms with Crippen molar-refractivity contribution in [3.8, 4) is 11.3 Å². The van der Waals surface area contributed by atoms with Gasteiger partial charge < -0.3 is 8.82 Å². The topological polar surface area (TPSA) is 30.4 Å². The quantitative estimate of drug-likeness (QED) is 0.267. The highest BCUT2D eigenvalue weighted by molar-refractivity contribution is 6.29. The summed E-state index contributed by atoms with van der Waals surface area (Å²) in [5.41, 5.74) is 8.87. The number of fused-ring (bicyclic) bond motifs is 10. The summed E-state index contributed by atoms with van der Waals surface area (Å²) in [7, 11) is 0. The van der Waals surface area contributed by atoms with Gasteiger partial charge in [-0.2, -0.15) is 0 Å². The molecule has 0 atom stereocenters. The van der Waals surface area contributed by atoms with Gasteiger partial charge in [0.1, 0.15) is 11.2 Å². The molecule has 0 N–H and O–H groups in total. The number of hydrogen-bond acceptors (Lipinski definition) is 2. The van der Waals surface area contributed by atoms with Gasteiger partial charge in [0.2, 0.25) is 0 Å². The first kappa shape index (κ1) is 17.2. The minimum Gasteiger partial charge on any atom is -0.455 e. The molecule has 0 saturated heterocycles. The Balaban J connectivity index is 1.53. The molecular formula is C30H18N2O. The highest BCUT2D eigenvalue weighted by Gasteiger charge is 2.21. The normalized spacial score (nSPS) is 12.4. The summed E-state index contributed by atoms with van der Waals surface area (Å²) in [6.45, 7) is 2.07. The van der Waals surface area contributed by atoms with Crippen LogP contribution >= 0.6 is 0 Å². The Morgan fingerprint density at radius 3 is 2.45 bits per heavy atom. The average Bonchev–Trinajstić information content (AvgIpc) is 3.50. The van der Waals surface area contributed by atoms with Crippen LogP contribution in [-0.2, 0) is 0 Å². The number of para-hydroxylation sites is 2. The van der Waals surface area contributed by atoms with E-state index in [-0.39, 0.29) is 0 Å². The molecule has 33 heavy (non-hydrogen) atoms. The molecule has 0 aliphatic heterocycles. The van der Waals surface area contributed by atoms with Crippen molar-refractivity contribution in [1.82, 2.24) is 9.38 Å². The second kappa shape index (κ2) is 5.90. The Morgan fingerprint density at radius 1 is 0.697 bits per heavy atom. The van der Waals surface area contributed by atoms with Crippen LogP contribution in [0.15, 0.2) is 95.5 Å². The molecule has 0 unspecified atom stereocenters. The Labute approximate surface area is 188 Å². The van der Waals surface area contributed by atoms with Crippen molar-refractivity contribution in [2.24, 2.45) is 0 Å². The zero-order valence-electron chi connectivity index (χ0n) is 18.0. The van der Waals surface area contributed by atoms with E-state index in [9.17, 15) is 0 Å². The summed E-state index contributed by atoms with van der Waals surface area (Å²) in [6.07, 6.45) is 1.93. The smallest absolute Gasteiger partial charge is 0.145 e. The van der Waals surface area contributed by atoms with Crippen molar-refractivity contribution in [1.29, 1.82) is 0 Å². The minimum absolute atomic E-state index is 0.935. The standard InChI is InChI=1S/C30H18N2O/c1-17-9-12-24(31-16-17)18-10-13-25-23(15-18)20-6-4-7-22-28-26(32(25)29(20)22)14-11-21-19-5-2-3-8-27(19)33-30(21)28/h2-16H,1H3. The highest BCUT2D eigenvalue weighted by atomic mass is 16.3. The van der Waals surface area contributed by atoms with E-state index in [0.717, 1.165) is 22.4 Å². The maximum atomic E-state index is 6.40. The lowest BCUT2D eigenvalue weighted by Crippen LogP contribution is -1.85. The van der Waals surface area contributed by atoms with Gasteiger partial charge in [0, 0.05) is 38.7 Å². The van der Waals surface area contributed by atoms with Crippen molar-refractivity contribution in [2.75, 3.05) is 0 Å². The molecule has 8 rings (SSSR count). The molecular weight excluding hydrogens is 404 g/mol. The fraction of sp³-hybridized carbons (Fsp3) is 0.0333. The van der Waals surface area contributed by atoms with Crippen molar-refractivity contribution in [3.05, 3.63) is 96.7 Å². The zero-order valence-corrected chi connectivity index (χ0v) is 18.0. The number of rotatable bonds is 1. The van der Waals surface area contributed by atoms with E-state index in [2.05, 4.69) is 89.1 Å². The predicted octanol–water partition coefficient (Wildman–Crippen LogP) is 8.11. The van der Waals surface area contributed by atoms with E-state index in [1.54, 1.807) is 0 Å². The number of aromatic nitrogens is 2. The molecule has 0 radical (unpaired) electrons. The molecule has 4 aromatic heterocycles. The van der Waals surface area contributed by atoms with Gasteiger partial charge in [-0.3, -0.25) is 4.98 Å². The molecule has 0 fully saturated rings. The largest absolute Gasteiger partial charge is 0.455 e. The number of hydrogen-bond donors (Lipinski definition) is 0. The van der Waals surface area contributed by atoms with E-state index >= 15 is 0 Å². The molecule has 4 heterocycles. The molecule has 0 aliphatic carbocycles. The van der Waals surface area contributed by atoms with Crippen LogP contribution < -0.4 is 0 Å². The number of aryl methyl sites for hydroxylation is 1. The maximum absolute atomic E-state index is 6.40. The highest BCUT2D eigenvalue weighted by Crippen LogP contribution is 2.44. The fourth-order valence-corrected chi connectivity index (χ4v) is 5.54. The van der Waals surface area contributed by atoms with Crippen LogP contribution in [0.2, 0.25) is 0 Å². The lowest BCUT2D eigenvalue weighted by Gasteiger charge is -2.03. The lowest BCUT2D eigenvalue weighted by molar-refractivity contribution is 0.673. The third kappa shape index (κ3) is 2.12. The minimum atomic E-state index is 0.935. The zero-order chi connectivity index (χ0) is 21.7. The second-order valence-corrected chi connectivity index (χ2v) is 8.92. The van der Waals surface area contributed by atoms with E-state index in [0.29, 0.717) is 0 Å². The second-order valence-electron chi connectivity index (χ2n) is 8.92. The van der Waals surface area contributed by atoms with E-state index < -0.39 is 0 Å². The Hall–Kier alpha value is -4.37. The van der Waals surface area contributed by atoms with Gasteiger partial charge in [-0.15, -0.1) is 0 Å². The molecule has 3 nitrogen and oxygen atoms in total. The van der Waals surface area contributed by atoms with Crippen LogP contribution in [0.4, 0.5) is 0 Å². The fourth-order valence-electron chi connectivity index (χ4n) is 5.54. The van der Waals surface area contributed by atoms with E-state index in [4.69, 9.17) is 4.42 Å². The van der Waals surface area contributed by atoms with Crippen LogP contribution in [0.1, 0.15) is 5.56 Å². The van der Waals surface area contributed by atoms with Crippen molar-refractivity contribution >= 4 is 60.0 Å². The molecule has 0 bridgehead atoms. The van der Waals surface area contributed by atoms with Crippen molar-refractivity contribution in [2.45, 2.75) is 6.92 Å². The van der Waals surface area contributed by atoms with Crippen LogP contribution in [0.3, 0.4) is 0 Å². The van der Waals surface area contributed by atoms with Gasteiger partial charge in [-0.05, 0) is 48.9 Å². The molecule has 0 spiro atoms. The molecule has 4 aromatic carbocycles. The van der Waals surface area contributed by atoms with Crippen LogP contribution in [-0.4, -0.2) is 9.38 Å². The predicted molar refractivity (Wildman–Crippen MR) is 136 cm³/mol. The maximum Gasteiger partial charge on any atom is 0.145 e. The van der Waals surface area contributed by atoms with Gasteiger partial charge in [0.25, 0.3) is 0 Å². The van der Waals surface area contributed by atoms with Crippen molar-refractivity contribution in [3.63, 3.8) is 0 Å². The SMILES string of the molecule is Cc1ccc(-c2ccc3c(c2)c2cccc4c5c6oc7ccccc7c6ccc5n3c24)nc1. The van der Waals surface area contributed by atoms with Gasteiger partial charge in [0.15, 0.2) is 0 Å². The summed E-state index contributed by atoms with van der Waals surface area (Å²) >= 11 is 0. The first-order chi connectivity index (χ1) is 16.3. The van der Waals surface area contributed by atoms with Crippen molar-refractivity contribution < 1.29 is 4.42 Å². The monoisotopic (exact) mass is 422 g/mol. The van der Waals surface area contributed by atoms with Gasteiger partial charge >= 0.3 is 0 Å². The van der Waals surface area contributed by atoms with Gasteiger partial charge in [-0.25, -0.2) is 0 Å². The lowest BCUT2D eigenvalue weighted by atomic mass is 10.0. The van der Waals surface area contributed by atoms with Gasteiger partial charge in [0.05, 0.1) is 27.6 Å². The molecule has 154 valence electrons. The molecule has 0 amide bonds. The number of furan rings is 1. The van der Waals surface area contributed by atoms with E-state index in [1.165, 1.54) is 54.4 Å². The average molecular weight is 422 g/mol. The Bertz CT molecular complexity index is 2020. The summed E-state index contributed by atoms with van der Waals surface area (Å²) in [5, 5.41) is 7.27. The number of benzene rings is 4. The first-order valence-electron chi connectivity index (χ1n) is 11.2. The van der Waals surface area contributed by atoms with Crippen LogP contribution in [0, 0.1) is 6.92 Å². The van der Waals surface area contributed by atoms with Crippen LogP contribution in [0.25, 0.3) is 71.3 Å². The molecule has 0 saturated carbocycles.